The van der Waals surface area contributed by atoms with Gasteiger partial charge in [0, 0.05) is 20.6 Å². The van der Waals surface area contributed by atoms with Crippen molar-refractivity contribution >= 4 is 51.1 Å². The number of hydrogen-bond donors (Lipinski definition) is 1. The molecule has 0 radical (unpaired) electrons. The summed E-state index contributed by atoms with van der Waals surface area (Å²) >= 11 is 3.71. The summed E-state index contributed by atoms with van der Waals surface area (Å²) in [6.07, 6.45) is 3.82. The molecule has 0 amide bonds. The van der Waals surface area contributed by atoms with Crippen LogP contribution < -0.4 is 5.32 Å². The minimum atomic E-state index is -0.564. The molecule has 1 atom stereocenters. The molecule has 28 heavy (non-hydrogen) atoms. The van der Waals surface area contributed by atoms with Crippen LogP contribution in [0.15, 0.2) is 18.2 Å². The summed E-state index contributed by atoms with van der Waals surface area (Å²) in [6.45, 7) is 3.15. The SMILES string of the molecule is CCCCC1NCCc2cc(-c3nc4c(I)cc(F)cc4n3C(=O)OC)sc21. The fraction of sp³-hybridized carbons (Fsp3) is 0.400. The number of nitrogens with one attached hydrogen (secondary N) is 1. The lowest BCUT2D eigenvalue weighted by molar-refractivity contribution is 0.174. The Hall–Kier alpha value is -1.52. The van der Waals surface area contributed by atoms with Gasteiger partial charge in [0.15, 0.2) is 5.82 Å². The van der Waals surface area contributed by atoms with Crippen molar-refractivity contribution in [2.24, 2.45) is 0 Å². The number of carbonyl (C=O) groups excluding carboxylic acids is 1. The lowest BCUT2D eigenvalue weighted by atomic mass is 9.99. The van der Waals surface area contributed by atoms with E-state index < -0.39 is 11.9 Å². The van der Waals surface area contributed by atoms with Crippen molar-refractivity contribution in [1.82, 2.24) is 14.9 Å². The molecule has 5 nitrogen and oxygen atoms in total. The van der Waals surface area contributed by atoms with Gasteiger partial charge in [0.25, 0.3) is 0 Å². The van der Waals surface area contributed by atoms with E-state index in [1.165, 1.54) is 40.7 Å². The van der Waals surface area contributed by atoms with E-state index in [0.29, 0.717) is 26.5 Å². The van der Waals surface area contributed by atoms with Gasteiger partial charge in [-0.25, -0.2) is 18.7 Å². The van der Waals surface area contributed by atoms with Crippen LogP contribution in [0.4, 0.5) is 9.18 Å². The number of carbonyl (C=O) groups is 1. The van der Waals surface area contributed by atoms with Crippen molar-refractivity contribution in [2.45, 2.75) is 38.6 Å². The molecule has 1 N–H and O–H groups in total. The van der Waals surface area contributed by atoms with Gasteiger partial charge >= 0.3 is 6.09 Å². The minimum absolute atomic E-state index is 0.344. The second kappa shape index (κ2) is 8.08. The highest BCUT2D eigenvalue weighted by molar-refractivity contribution is 14.1. The summed E-state index contributed by atoms with van der Waals surface area (Å²) in [5, 5.41) is 3.61. The summed E-state index contributed by atoms with van der Waals surface area (Å²) in [5.74, 6) is 0.113. The Bertz CT molecular complexity index is 1050. The second-order valence-corrected chi connectivity index (χ2v) is 9.14. The minimum Gasteiger partial charge on any atom is -0.452 e. The second-order valence-electron chi connectivity index (χ2n) is 6.90. The Morgan fingerprint density at radius 1 is 1.46 bits per heavy atom. The van der Waals surface area contributed by atoms with Gasteiger partial charge < -0.3 is 10.1 Å². The highest BCUT2D eigenvalue weighted by Gasteiger charge is 2.27. The highest BCUT2D eigenvalue weighted by Crippen LogP contribution is 2.40. The summed E-state index contributed by atoms with van der Waals surface area (Å²) in [7, 11) is 1.33. The number of halogens is 2. The fourth-order valence-electron chi connectivity index (χ4n) is 3.70. The maximum atomic E-state index is 14.0. The van der Waals surface area contributed by atoms with Crippen molar-refractivity contribution in [1.29, 1.82) is 0 Å². The van der Waals surface area contributed by atoms with Crippen molar-refractivity contribution < 1.29 is 13.9 Å². The summed E-state index contributed by atoms with van der Waals surface area (Å²) in [4.78, 5) is 19.5. The maximum Gasteiger partial charge on any atom is 0.420 e. The first-order valence-electron chi connectivity index (χ1n) is 9.35. The van der Waals surface area contributed by atoms with E-state index in [-0.39, 0.29) is 0 Å². The zero-order valence-corrected chi connectivity index (χ0v) is 18.7. The largest absolute Gasteiger partial charge is 0.452 e. The van der Waals surface area contributed by atoms with E-state index in [4.69, 9.17) is 9.72 Å². The fourth-order valence-corrected chi connectivity index (χ4v) is 5.70. The third kappa shape index (κ3) is 3.46. The molecule has 0 aliphatic carbocycles. The summed E-state index contributed by atoms with van der Waals surface area (Å²) in [5.41, 5.74) is 2.34. The third-order valence-corrected chi connectivity index (χ3v) is 7.15. The Morgan fingerprint density at radius 2 is 2.29 bits per heavy atom. The van der Waals surface area contributed by atoms with E-state index in [0.717, 1.165) is 30.7 Å². The van der Waals surface area contributed by atoms with Crippen molar-refractivity contribution in [3.8, 4) is 10.7 Å². The van der Waals surface area contributed by atoms with Gasteiger partial charge in [-0.1, -0.05) is 19.8 Å². The molecule has 1 aliphatic heterocycles. The van der Waals surface area contributed by atoms with Crippen LogP contribution in [-0.2, 0) is 11.2 Å². The molecule has 0 saturated carbocycles. The molecule has 3 aromatic rings. The number of nitrogens with zero attached hydrogens (tertiary/aromatic N) is 2. The summed E-state index contributed by atoms with van der Waals surface area (Å²) in [6, 6.07) is 5.23. The van der Waals surface area contributed by atoms with Gasteiger partial charge in [-0.3, -0.25) is 0 Å². The molecule has 0 fully saturated rings. The van der Waals surface area contributed by atoms with E-state index in [1.54, 1.807) is 11.3 Å². The number of rotatable bonds is 4. The van der Waals surface area contributed by atoms with Gasteiger partial charge in [-0.05, 0) is 59.7 Å². The first kappa shape index (κ1) is 19.8. The molecule has 1 aromatic carbocycles. The molecule has 148 valence electrons. The van der Waals surface area contributed by atoms with Crippen LogP contribution in [0, 0.1) is 9.39 Å². The molecule has 0 spiro atoms. The molecule has 0 saturated heterocycles. The van der Waals surface area contributed by atoms with Crippen LogP contribution in [0.25, 0.3) is 21.7 Å². The predicted octanol–water partition coefficient (Wildman–Crippen LogP) is 5.50. The Kier molecular flexibility index (Phi) is 5.71. The zero-order valence-electron chi connectivity index (χ0n) is 15.7. The first-order chi connectivity index (χ1) is 13.5. The average Bonchev–Trinajstić information content (AvgIpc) is 3.27. The van der Waals surface area contributed by atoms with Crippen LogP contribution in [0.5, 0.6) is 0 Å². The van der Waals surface area contributed by atoms with Gasteiger partial charge in [0.2, 0.25) is 0 Å². The quantitative estimate of drug-likeness (QED) is 0.469. The number of thiophene rings is 1. The Morgan fingerprint density at radius 3 is 3.04 bits per heavy atom. The van der Waals surface area contributed by atoms with Crippen LogP contribution in [-0.4, -0.2) is 29.3 Å². The van der Waals surface area contributed by atoms with E-state index in [1.807, 2.05) is 22.6 Å². The molecule has 1 unspecified atom stereocenters. The average molecular weight is 513 g/mol. The van der Waals surface area contributed by atoms with Crippen LogP contribution >= 0.6 is 33.9 Å². The topological polar surface area (TPSA) is 56.2 Å². The normalized spacial score (nSPS) is 16.4. The lowest BCUT2D eigenvalue weighted by Crippen LogP contribution is -2.28. The molecule has 4 rings (SSSR count). The van der Waals surface area contributed by atoms with Gasteiger partial charge in [-0.15, -0.1) is 11.3 Å². The predicted molar refractivity (Wildman–Crippen MR) is 117 cm³/mol. The molecule has 8 heteroatoms. The smallest absolute Gasteiger partial charge is 0.420 e. The molecule has 2 aromatic heterocycles. The highest BCUT2D eigenvalue weighted by atomic mass is 127. The van der Waals surface area contributed by atoms with Gasteiger partial charge in [0.05, 0.1) is 17.5 Å². The number of ether oxygens (including phenoxy) is 1. The molecule has 1 aliphatic rings. The number of imidazole rings is 1. The number of unbranched alkanes of at least 4 members (excludes halogenated alkanes) is 1. The van der Waals surface area contributed by atoms with E-state index in [2.05, 4.69) is 18.3 Å². The van der Waals surface area contributed by atoms with E-state index in [9.17, 15) is 9.18 Å². The number of hydrogen-bond acceptors (Lipinski definition) is 5. The number of aromatic nitrogens is 2. The van der Waals surface area contributed by atoms with Gasteiger partial charge in [-0.2, -0.15) is 0 Å². The van der Waals surface area contributed by atoms with Crippen molar-refractivity contribution in [3.05, 3.63) is 38.0 Å². The number of fused-ring (bicyclic) bond motifs is 2. The molecule has 3 heterocycles. The van der Waals surface area contributed by atoms with Crippen LogP contribution in [0.1, 0.15) is 42.7 Å². The first-order valence-corrected chi connectivity index (χ1v) is 11.2. The maximum absolute atomic E-state index is 14.0. The number of methoxy groups -OCH3 is 1. The molecular weight excluding hydrogens is 492 g/mol. The van der Waals surface area contributed by atoms with Crippen LogP contribution in [0.2, 0.25) is 0 Å². The van der Waals surface area contributed by atoms with Crippen molar-refractivity contribution in [2.75, 3.05) is 13.7 Å². The van der Waals surface area contributed by atoms with Gasteiger partial charge in [0.1, 0.15) is 11.3 Å². The zero-order chi connectivity index (χ0) is 19.8. The standard InChI is InChI=1S/C20H21FIN3O2S/c1-3-4-5-14-18-11(6-7-23-14)8-16(28-18)19-24-17-13(22)9-12(21)10-15(17)25(19)20(26)27-2/h8-10,14,23H,3-7H2,1-2H3. The number of benzene rings is 1. The lowest BCUT2D eigenvalue weighted by Gasteiger charge is -2.23. The van der Waals surface area contributed by atoms with Crippen LogP contribution in [0.3, 0.4) is 0 Å². The molecule has 0 bridgehead atoms. The van der Waals surface area contributed by atoms with Crippen molar-refractivity contribution in [3.63, 3.8) is 0 Å². The third-order valence-electron chi connectivity index (χ3n) is 5.05. The summed E-state index contributed by atoms with van der Waals surface area (Å²) < 4.78 is 21.0. The molecular formula is C20H21FIN3O2S. The monoisotopic (exact) mass is 513 g/mol. The Balaban J connectivity index is 1.87. The van der Waals surface area contributed by atoms with E-state index >= 15 is 0 Å². The Labute approximate surface area is 180 Å².